The minimum absolute atomic E-state index is 0.150. The topological polar surface area (TPSA) is 67.9 Å². The van der Waals surface area contributed by atoms with Crippen LogP contribution in [0.1, 0.15) is 5.56 Å². The molecule has 172 valence electrons. The van der Waals surface area contributed by atoms with E-state index in [1.54, 1.807) is 37.5 Å². The van der Waals surface area contributed by atoms with Gasteiger partial charge in [0, 0.05) is 4.47 Å². The maximum Gasteiger partial charge on any atom is 0.270 e. The summed E-state index contributed by atoms with van der Waals surface area (Å²) in [6.07, 6.45) is 1.79. The Hall–Kier alpha value is -3.14. The number of carbonyl (C=O) groups is 2. The third kappa shape index (κ3) is 5.67. The van der Waals surface area contributed by atoms with Crippen molar-refractivity contribution in [2.45, 2.75) is 0 Å². The summed E-state index contributed by atoms with van der Waals surface area (Å²) in [7, 11) is 1.54. The second-order valence-electron chi connectivity index (χ2n) is 7.10. The lowest BCUT2D eigenvalue weighted by Crippen LogP contribution is -2.27. The molecule has 1 saturated heterocycles. The number of thiocarbonyl (C=S) groups is 1. The van der Waals surface area contributed by atoms with Crippen molar-refractivity contribution < 1.29 is 19.1 Å². The highest BCUT2D eigenvalue weighted by Crippen LogP contribution is 2.36. The molecule has 34 heavy (non-hydrogen) atoms. The highest BCUT2D eigenvalue weighted by Gasteiger charge is 2.33. The van der Waals surface area contributed by atoms with E-state index in [0.717, 1.165) is 15.7 Å². The van der Waals surface area contributed by atoms with Crippen LogP contribution in [-0.2, 0) is 9.59 Å². The Kier molecular flexibility index (Phi) is 7.66. The lowest BCUT2D eigenvalue weighted by Gasteiger charge is -2.14. The smallest absolute Gasteiger partial charge is 0.270 e. The Balaban J connectivity index is 1.37. The normalized spacial score (nSPS) is 14.4. The number of ether oxygens (including phenoxy) is 2. The second-order valence-corrected chi connectivity index (χ2v) is 9.69. The van der Waals surface area contributed by atoms with Gasteiger partial charge in [-0.05, 0) is 60.2 Å². The molecule has 0 unspecified atom stereocenters. The van der Waals surface area contributed by atoms with Crippen LogP contribution in [0.3, 0.4) is 0 Å². The lowest BCUT2D eigenvalue weighted by molar-refractivity contribution is -0.118. The van der Waals surface area contributed by atoms with Gasteiger partial charge < -0.3 is 14.8 Å². The SMILES string of the molecule is COc1ccccc1NC(=O)COc1ccc(C=C2SC(=S)N(c3ccc(Br)cc3)C2=O)cc1. The van der Waals surface area contributed by atoms with Crippen LogP contribution >= 0.6 is 39.9 Å². The molecule has 1 N–H and O–H groups in total. The molecule has 1 aliphatic heterocycles. The maximum absolute atomic E-state index is 12.9. The minimum atomic E-state index is -0.301. The number of halogens is 1. The van der Waals surface area contributed by atoms with Gasteiger partial charge in [0.2, 0.25) is 0 Å². The van der Waals surface area contributed by atoms with E-state index in [9.17, 15) is 9.59 Å². The maximum atomic E-state index is 12.9. The first-order valence-electron chi connectivity index (χ1n) is 10.1. The molecule has 6 nitrogen and oxygen atoms in total. The number of carbonyl (C=O) groups excluding carboxylic acids is 2. The predicted octanol–water partition coefficient (Wildman–Crippen LogP) is 5.88. The Morgan fingerprint density at radius 3 is 2.50 bits per heavy atom. The van der Waals surface area contributed by atoms with Gasteiger partial charge >= 0.3 is 0 Å². The molecule has 0 aromatic heterocycles. The van der Waals surface area contributed by atoms with Gasteiger partial charge in [-0.15, -0.1) is 0 Å². The van der Waals surface area contributed by atoms with E-state index < -0.39 is 0 Å². The number of benzene rings is 3. The first kappa shape index (κ1) is 24.0. The molecule has 3 aromatic carbocycles. The van der Waals surface area contributed by atoms with Crippen LogP contribution in [0.2, 0.25) is 0 Å². The molecule has 0 spiro atoms. The van der Waals surface area contributed by atoms with E-state index in [-0.39, 0.29) is 18.4 Å². The quantitative estimate of drug-likeness (QED) is 0.290. The molecule has 0 bridgehead atoms. The average Bonchev–Trinajstić information content (AvgIpc) is 3.12. The van der Waals surface area contributed by atoms with Crippen molar-refractivity contribution in [1.82, 2.24) is 0 Å². The van der Waals surface area contributed by atoms with Crippen LogP contribution in [-0.4, -0.2) is 29.9 Å². The standard InChI is InChI=1S/C25H19BrN2O4S2/c1-31-21-5-3-2-4-20(21)27-23(29)15-32-19-12-6-16(7-13-19)14-22-24(30)28(25(33)34-22)18-10-8-17(26)9-11-18/h2-14H,15H2,1H3,(H,27,29). The number of anilines is 2. The summed E-state index contributed by atoms with van der Waals surface area (Å²) < 4.78 is 12.2. The third-order valence-corrected chi connectivity index (χ3v) is 6.64. The molecule has 9 heteroatoms. The Morgan fingerprint density at radius 1 is 1.09 bits per heavy atom. The molecule has 0 aliphatic carbocycles. The van der Waals surface area contributed by atoms with E-state index in [1.165, 1.54) is 16.7 Å². The zero-order valence-electron chi connectivity index (χ0n) is 18.0. The van der Waals surface area contributed by atoms with Crippen LogP contribution in [0.4, 0.5) is 11.4 Å². The number of hydrogen-bond acceptors (Lipinski definition) is 6. The fourth-order valence-corrected chi connectivity index (χ4v) is 4.74. The summed E-state index contributed by atoms with van der Waals surface area (Å²) in [5.74, 6) is 0.649. The highest BCUT2D eigenvalue weighted by atomic mass is 79.9. The van der Waals surface area contributed by atoms with Crippen LogP contribution in [0.25, 0.3) is 6.08 Å². The minimum Gasteiger partial charge on any atom is -0.495 e. The first-order chi connectivity index (χ1) is 16.4. The van der Waals surface area contributed by atoms with Crippen LogP contribution in [0, 0.1) is 0 Å². The van der Waals surface area contributed by atoms with E-state index >= 15 is 0 Å². The van der Waals surface area contributed by atoms with Gasteiger partial charge in [-0.3, -0.25) is 14.5 Å². The summed E-state index contributed by atoms with van der Waals surface area (Å²) in [4.78, 5) is 27.2. The van der Waals surface area contributed by atoms with E-state index in [2.05, 4.69) is 21.2 Å². The monoisotopic (exact) mass is 554 g/mol. The number of amides is 2. The number of methoxy groups -OCH3 is 1. The van der Waals surface area contributed by atoms with Gasteiger partial charge in [0.1, 0.15) is 11.5 Å². The zero-order chi connectivity index (χ0) is 24.1. The number of hydrogen-bond donors (Lipinski definition) is 1. The van der Waals surface area contributed by atoms with Crippen molar-refractivity contribution in [2.75, 3.05) is 23.9 Å². The van der Waals surface area contributed by atoms with Crippen molar-refractivity contribution in [3.05, 3.63) is 87.7 Å². The molecule has 0 radical (unpaired) electrons. The molecular formula is C25H19BrN2O4S2. The van der Waals surface area contributed by atoms with Crippen molar-refractivity contribution >= 4 is 73.5 Å². The van der Waals surface area contributed by atoms with Gasteiger partial charge in [0.25, 0.3) is 11.8 Å². The van der Waals surface area contributed by atoms with Crippen molar-refractivity contribution in [3.63, 3.8) is 0 Å². The summed E-state index contributed by atoms with van der Waals surface area (Å²) in [5, 5.41) is 2.76. The van der Waals surface area contributed by atoms with Crippen molar-refractivity contribution in [3.8, 4) is 11.5 Å². The summed E-state index contributed by atoms with van der Waals surface area (Å²) in [5.41, 5.74) is 2.13. The molecule has 1 fully saturated rings. The van der Waals surface area contributed by atoms with Crippen LogP contribution in [0.5, 0.6) is 11.5 Å². The average molecular weight is 555 g/mol. The summed E-state index contributed by atoms with van der Waals surface area (Å²) in [6, 6.07) is 21.7. The number of para-hydroxylation sites is 2. The largest absolute Gasteiger partial charge is 0.495 e. The zero-order valence-corrected chi connectivity index (χ0v) is 21.2. The number of rotatable bonds is 7. The lowest BCUT2D eigenvalue weighted by atomic mass is 10.2. The van der Waals surface area contributed by atoms with Gasteiger partial charge in [-0.25, -0.2) is 0 Å². The molecule has 0 saturated carbocycles. The first-order valence-corrected chi connectivity index (χ1v) is 12.2. The number of thioether (sulfide) groups is 1. The van der Waals surface area contributed by atoms with Gasteiger partial charge in [0.05, 0.1) is 23.4 Å². The fourth-order valence-electron chi connectivity index (χ4n) is 3.18. The molecule has 2 amide bonds. The molecule has 1 aliphatic rings. The van der Waals surface area contributed by atoms with E-state index in [0.29, 0.717) is 26.4 Å². The van der Waals surface area contributed by atoms with Crippen molar-refractivity contribution in [2.24, 2.45) is 0 Å². The van der Waals surface area contributed by atoms with Gasteiger partial charge in [-0.1, -0.05) is 64.2 Å². The Bertz CT molecular complexity index is 1260. The molecule has 4 rings (SSSR count). The molecule has 0 atom stereocenters. The molecule has 3 aromatic rings. The molecular weight excluding hydrogens is 536 g/mol. The van der Waals surface area contributed by atoms with Gasteiger partial charge in [-0.2, -0.15) is 0 Å². The fraction of sp³-hybridized carbons (Fsp3) is 0.0800. The number of nitrogens with zero attached hydrogens (tertiary/aromatic N) is 1. The van der Waals surface area contributed by atoms with Crippen LogP contribution in [0.15, 0.2) is 82.2 Å². The van der Waals surface area contributed by atoms with E-state index in [1.807, 2.05) is 48.5 Å². The summed E-state index contributed by atoms with van der Waals surface area (Å²) in [6.45, 7) is -0.150. The van der Waals surface area contributed by atoms with Crippen molar-refractivity contribution in [1.29, 1.82) is 0 Å². The predicted molar refractivity (Wildman–Crippen MR) is 143 cm³/mol. The van der Waals surface area contributed by atoms with E-state index in [4.69, 9.17) is 21.7 Å². The Labute approximate surface area is 215 Å². The second kappa shape index (κ2) is 10.9. The third-order valence-electron chi connectivity index (χ3n) is 4.81. The van der Waals surface area contributed by atoms with Gasteiger partial charge in [0.15, 0.2) is 10.9 Å². The highest BCUT2D eigenvalue weighted by molar-refractivity contribution is 9.10. The molecule has 1 heterocycles. The Morgan fingerprint density at radius 2 is 1.79 bits per heavy atom. The summed E-state index contributed by atoms with van der Waals surface area (Å²) >= 11 is 10.1. The number of nitrogens with one attached hydrogen (secondary N) is 1. The van der Waals surface area contributed by atoms with Crippen LogP contribution < -0.4 is 19.7 Å².